The first-order valence-corrected chi connectivity index (χ1v) is 9.20. The first-order chi connectivity index (χ1) is 12.3. The van der Waals surface area contributed by atoms with Crippen molar-refractivity contribution in [1.29, 1.82) is 0 Å². The molecule has 0 bridgehead atoms. The van der Waals surface area contributed by atoms with Crippen molar-refractivity contribution in [1.82, 2.24) is 25.0 Å². The number of piperidine rings is 1. The largest absolute Gasteiger partial charge is 0.352 e. The molecule has 0 aliphatic carbocycles. The van der Waals surface area contributed by atoms with Crippen molar-refractivity contribution in [3.63, 3.8) is 0 Å². The highest BCUT2D eigenvalue weighted by molar-refractivity contribution is 6.31. The Bertz CT molecular complexity index is 877. The minimum Gasteiger partial charge on any atom is -0.352 e. The lowest BCUT2D eigenvalue weighted by atomic mass is 10.00. The third-order valence-electron chi connectivity index (χ3n) is 4.93. The lowest BCUT2D eigenvalue weighted by Crippen LogP contribution is -2.39. The van der Waals surface area contributed by atoms with Gasteiger partial charge in [0.15, 0.2) is 17.0 Å². The minimum absolute atomic E-state index is 0.514. The van der Waals surface area contributed by atoms with E-state index in [4.69, 9.17) is 11.6 Å². The van der Waals surface area contributed by atoms with Crippen LogP contribution >= 0.6 is 11.6 Å². The van der Waals surface area contributed by atoms with Gasteiger partial charge in [0.1, 0.15) is 6.33 Å². The van der Waals surface area contributed by atoms with E-state index >= 15 is 0 Å². The molecule has 2 aromatic heterocycles. The lowest BCUT2D eigenvalue weighted by Gasteiger charge is -2.36. The molecule has 4 rings (SSSR count). The highest BCUT2D eigenvalue weighted by Gasteiger charge is 2.25. The monoisotopic (exact) mass is 356 g/mol. The molecular weight excluding hydrogens is 336 g/mol. The van der Waals surface area contributed by atoms with Crippen LogP contribution in [0.5, 0.6) is 0 Å². The average molecular weight is 357 g/mol. The van der Waals surface area contributed by atoms with Crippen LogP contribution in [0.15, 0.2) is 30.6 Å². The smallest absolute Gasteiger partial charge is 0.184 e. The molecule has 1 fully saturated rings. The van der Waals surface area contributed by atoms with Gasteiger partial charge in [-0.3, -0.25) is 0 Å². The lowest BCUT2D eigenvalue weighted by molar-refractivity contribution is 0.447. The SMILES string of the molecule is CC[C@@H]1CCCCN1c1ncnc2c1nnn2Cc1ccccc1Cl. The molecule has 0 unspecified atom stereocenters. The molecular formula is C18H21ClN6. The van der Waals surface area contributed by atoms with Crippen molar-refractivity contribution >= 4 is 28.6 Å². The van der Waals surface area contributed by atoms with E-state index in [9.17, 15) is 0 Å². The standard InChI is InChI=1S/C18H21ClN6/c1-2-14-8-5-6-10-24(14)17-16-18(21-12-20-17)25(23-22-16)11-13-7-3-4-9-15(13)19/h3-4,7,9,12,14H,2,5-6,8,10-11H2,1H3/t14-/m1/s1. The van der Waals surface area contributed by atoms with Crippen LogP contribution in [-0.2, 0) is 6.54 Å². The summed E-state index contributed by atoms with van der Waals surface area (Å²) < 4.78 is 1.80. The molecule has 1 atom stereocenters. The van der Waals surface area contributed by atoms with Crippen LogP contribution in [0.2, 0.25) is 5.02 Å². The van der Waals surface area contributed by atoms with Crippen LogP contribution in [0.3, 0.4) is 0 Å². The first-order valence-electron chi connectivity index (χ1n) is 8.82. The Kier molecular flexibility index (Phi) is 4.53. The number of aromatic nitrogens is 5. The quantitative estimate of drug-likeness (QED) is 0.713. The van der Waals surface area contributed by atoms with Crippen molar-refractivity contribution in [3.8, 4) is 0 Å². The predicted octanol–water partition coefficient (Wildman–Crippen LogP) is 3.69. The molecule has 7 heteroatoms. The predicted molar refractivity (Wildman–Crippen MR) is 98.9 cm³/mol. The fourth-order valence-corrected chi connectivity index (χ4v) is 3.78. The van der Waals surface area contributed by atoms with Crippen LogP contribution in [-0.4, -0.2) is 37.5 Å². The highest BCUT2D eigenvalue weighted by atomic mass is 35.5. The second-order valence-corrected chi connectivity index (χ2v) is 6.87. The van der Waals surface area contributed by atoms with E-state index in [1.807, 2.05) is 24.3 Å². The Hall–Kier alpha value is -2.21. The molecule has 1 aromatic carbocycles. The van der Waals surface area contributed by atoms with Crippen molar-refractivity contribution in [2.75, 3.05) is 11.4 Å². The molecule has 25 heavy (non-hydrogen) atoms. The zero-order chi connectivity index (χ0) is 17.2. The summed E-state index contributed by atoms with van der Waals surface area (Å²) in [4.78, 5) is 11.3. The number of halogens is 1. The maximum atomic E-state index is 6.28. The van der Waals surface area contributed by atoms with Crippen molar-refractivity contribution < 1.29 is 0 Å². The van der Waals surface area contributed by atoms with E-state index in [0.717, 1.165) is 40.5 Å². The Morgan fingerprint density at radius 2 is 2.08 bits per heavy atom. The van der Waals surface area contributed by atoms with Gasteiger partial charge in [-0.2, -0.15) is 0 Å². The van der Waals surface area contributed by atoms with E-state index < -0.39 is 0 Å². The van der Waals surface area contributed by atoms with Gasteiger partial charge in [0.2, 0.25) is 0 Å². The summed E-state index contributed by atoms with van der Waals surface area (Å²) in [5.74, 6) is 0.905. The molecule has 0 N–H and O–H groups in total. The van der Waals surface area contributed by atoms with Gasteiger partial charge in [-0.15, -0.1) is 5.10 Å². The summed E-state index contributed by atoms with van der Waals surface area (Å²) in [6.07, 6.45) is 6.40. The number of hydrogen-bond donors (Lipinski definition) is 0. The van der Waals surface area contributed by atoms with Crippen LogP contribution in [0.25, 0.3) is 11.2 Å². The van der Waals surface area contributed by atoms with E-state index in [1.54, 1.807) is 11.0 Å². The number of anilines is 1. The second kappa shape index (κ2) is 6.96. The summed E-state index contributed by atoms with van der Waals surface area (Å²) >= 11 is 6.28. The Balaban J connectivity index is 1.72. The van der Waals surface area contributed by atoms with Gasteiger partial charge < -0.3 is 4.90 Å². The van der Waals surface area contributed by atoms with Crippen molar-refractivity contribution in [2.45, 2.75) is 45.2 Å². The minimum atomic E-state index is 0.514. The molecule has 0 radical (unpaired) electrons. The molecule has 0 spiro atoms. The molecule has 1 saturated heterocycles. The third-order valence-corrected chi connectivity index (χ3v) is 5.30. The van der Waals surface area contributed by atoms with Crippen LogP contribution in [0.4, 0.5) is 5.82 Å². The number of hydrogen-bond acceptors (Lipinski definition) is 5. The number of rotatable bonds is 4. The van der Waals surface area contributed by atoms with Gasteiger partial charge in [-0.05, 0) is 37.3 Å². The normalized spacial score (nSPS) is 18.0. The second-order valence-electron chi connectivity index (χ2n) is 6.46. The van der Waals surface area contributed by atoms with Gasteiger partial charge in [0, 0.05) is 17.6 Å². The molecule has 0 amide bonds. The number of nitrogens with zero attached hydrogens (tertiary/aromatic N) is 6. The van der Waals surface area contributed by atoms with Gasteiger partial charge >= 0.3 is 0 Å². The summed E-state index contributed by atoms with van der Waals surface area (Å²) in [5.41, 5.74) is 2.53. The summed E-state index contributed by atoms with van der Waals surface area (Å²) in [6, 6.07) is 8.29. The fourth-order valence-electron chi connectivity index (χ4n) is 3.59. The zero-order valence-electron chi connectivity index (χ0n) is 14.3. The maximum Gasteiger partial charge on any atom is 0.184 e. The van der Waals surface area contributed by atoms with Gasteiger partial charge in [0.05, 0.1) is 6.54 Å². The molecule has 3 heterocycles. The molecule has 130 valence electrons. The first kappa shape index (κ1) is 16.3. The van der Waals surface area contributed by atoms with Crippen molar-refractivity contribution in [2.24, 2.45) is 0 Å². The van der Waals surface area contributed by atoms with E-state index in [1.165, 1.54) is 19.3 Å². The number of fused-ring (bicyclic) bond motifs is 1. The molecule has 1 aliphatic heterocycles. The van der Waals surface area contributed by atoms with Crippen LogP contribution in [0.1, 0.15) is 38.2 Å². The van der Waals surface area contributed by atoms with Gasteiger partial charge in [-0.1, -0.05) is 41.9 Å². The molecule has 6 nitrogen and oxygen atoms in total. The molecule has 1 aliphatic rings. The zero-order valence-corrected chi connectivity index (χ0v) is 15.0. The Morgan fingerprint density at radius 1 is 1.20 bits per heavy atom. The summed E-state index contributed by atoms with van der Waals surface area (Å²) in [7, 11) is 0. The Morgan fingerprint density at radius 3 is 2.92 bits per heavy atom. The van der Waals surface area contributed by atoms with Gasteiger partial charge in [0.25, 0.3) is 0 Å². The van der Waals surface area contributed by atoms with Crippen LogP contribution in [0, 0.1) is 0 Å². The fraction of sp³-hybridized carbons (Fsp3) is 0.444. The van der Waals surface area contributed by atoms with Gasteiger partial charge in [-0.25, -0.2) is 14.6 Å². The third kappa shape index (κ3) is 3.06. The summed E-state index contributed by atoms with van der Waals surface area (Å²) in [5, 5.41) is 9.43. The molecule has 3 aromatic rings. The Labute approximate surface area is 151 Å². The van der Waals surface area contributed by atoms with Crippen molar-refractivity contribution in [3.05, 3.63) is 41.2 Å². The average Bonchev–Trinajstić information content (AvgIpc) is 3.06. The molecule has 0 saturated carbocycles. The topological polar surface area (TPSA) is 59.7 Å². The van der Waals surface area contributed by atoms with E-state index in [2.05, 4.69) is 32.1 Å². The van der Waals surface area contributed by atoms with E-state index in [-0.39, 0.29) is 0 Å². The van der Waals surface area contributed by atoms with Crippen LogP contribution < -0.4 is 4.90 Å². The highest BCUT2D eigenvalue weighted by Crippen LogP contribution is 2.29. The number of benzene rings is 1. The van der Waals surface area contributed by atoms with E-state index in [0.29, 0.717) is 12.6 Å². The maximum absolute atomic E-state index is 6.28. The summed E-state index contributed by atoms with van der Waals surface area (Å²) in [6.45, 7) is 3.79.